The lowest BCUT2D eigenvalue weighted by Crippen LogP contribution is -2.45. The van der Waals surface area contributed by atoms with Gasteiger partial charge in [0, 0.05) is 24.0 Å². The molecule has 3 aromatic carbocycles. The predicted octanol–water partition coefficient (Wildman–Crippen LogP) is 5.32. The first-order valence-corrected chi connectivity index (χ1v) is 12.2. The lowest BCUT2D eigenvalue weighted by Gasteiger charge is -2.40. The van der Waals surface area contributed by atoms with E-state index in [4.69, 9.17) is 4.74 Å². The van der Waals surface area contributed by atoms with E-state index in [1.807, 2.05) is 30.3 Å². The molecule has 0 aliphatic carbocycles. The van der Waals surface area contributed by atoms with Crippen molar-refractivity contribution in [2.75, 3.05) is 11.9 Å². The zero-order valence-electron chi connectivity index (χ0n) is 18.7. The summed E-state index contributed by atoms with van der Waals surface area (Å²) in [7, 11) is 0. The standard InChI is InChI=1S/C26H23BrN2O6/c27-13-4-14-28-24(18-7-10-20(11-8-18)35-16-17-5-2-1-3-6-17)23(26(31)32)21-12-9-19(29(33)34)15-22(21)25(28)30/h1-3,5-12,15,23-24H,4,13-14,16H2,(H,31,32)/t23-,24-/m0/s1. The van der Waals surface area contributed by atoms with Crippen LogP contribution in [0.5, 0.6) is 5.75 Å². The molecule has 0 unspecified atom stereocenters. The Hall–Kier alpha value is -3.72. The van der Waals surface area contributed by atoms with Gasteiger partial charge in [0.2, 0.25) is 0 Å². The number of nitro benzene ring substituents is 1. The van der Waals surface area contributed by atoms with Crippen LogP contribution in [0.1, 0.15) is 45.4 Å². The molecule has 9 heteroatoms. The third-order valence-corrected chi connectivity index (χ3v) is 6.55. The Balaban J connectivity index is 1.69. The lowest BCUT2D eigenvalue weighted by atomic mass is 9.79. The van der Waals surface area contributed by atoms with E-state index in [2.05, 4.69) is 15.9 Å². The summed E-state index contributed by atoms with van der Waals surface area (Å²) in [4.78, 5) is 38.1. The molecular formula is C26H23BrN2O6. The van der Waals surface area contributed by atoms with E-state index >= 15 is 0 Å². The lowest BCUT2D eigenvalue weighted by molar-refractivity contribution is -0.384. The Morgan fingerprint density at radius 1 is 1.09 bits per heavy atom. The van der Waals surface area contributed by atoms with Crippen LogP contribution in [-0.2, 0) is 11.4 Å². The van der Waals surface area contributed by atoms with Crippen LogP contribution in [-0.4, -0.2) is 38.7 Å². The molecule has 1 heterocycles. The number of non-ortho nitro benzene ring substituents is 1. The second-order valence-electron chi connectivity index (χ2n) is 8.17. The Bertz CT molecular complexity index is 1230. The SMILES string of the molecule is O=C(O)[C@H]1c2ccc([N+](=O)[O-])cc2C(=O)N(CCCBr)[C@H]1c1ccc(OCc2ccccc2)cc1. The highest BCUT2D eigenvalue weighted by atomic mass is 79.9. The molecule has 1 N–H and O–H groups in total. The smallest absolute Gasteiger partial charge is 0.313 e. The Labute approximate surface area is 210 Å². The van der Waals surface area contributed by atoms with Gasteiger partial charge in [-0.1, -0.05) is 64.5 Å². The summed E-state index contributed by atoms with van der Waals surface area (Å²) in [5.74, 6) is -1.98. The van der Waals surface area contributed by atoms with E-state index in [-0.39, 0.29) is 16.8 Å². The number of hydrogen-bond donors (Lipinski definition) is 1. The summed E-state index contributed by atoms with van der Waals surface area (Å²) in [5, 5.41) is 22.1. The maximum absolute atomic E-state index is 13.4. The molecule has 0 bridgehead atoms. The Morgan fingerprint density at radius 3 is 2.43 bits per heavy atom. The molecule has 0 saturated carbocycles. The number of benzene rings is 3. The number of fused-ring (bicyclic) bond motifs is 1. The topological polar surface area (TPSA) is 110 Å². The molecule has 0 radical (unpaired) electrons. The van der Waals surface area contributed by atoms with Gasteiger partial charge in [0.05, 0.1) is 16.5 Å². The number of ether oxygens (including phenoxy) is 1. The number of carboxylic acids is 1. The van der Waals surface area contributed by atoms with Crippen LogP contribution < -0.4 is 4.74 Å². The molecule has 0 aromatic heterocycles. The molecule has 2 atom stereocenters. The molecule has 8 nitrogen and oxygen atoms in total. The van der Waals surface area contributed by atoms with Crippen molar-refractivity contribution >= 4 is 33.5 Å². The monoisotopic (exact) mass is 538 g/mol. The van der Waals surface area contributed by atoms with Crippen LogP contribution >= 0.6 is 15.9 Å². The van der Waals surface area contributed by atoms with Gasteiger partial charge in [-0.3, -0.25) is 19.7 Å². The van der Waals surface area contributed by atoms with E-state index < -0.39 is 28.8 Å². The minimum atomic E-state index is -1.11. The van der Waals surface area contributed by atoms with Crippen LogP contribution in [0.3, 0.4) is 0 Å². The third-order valence-electron chi connectivity index (χ3n) is 5.99. The zero-order chi connectivity index (χ0) is 24.9. The van der Waals surface area contributed by atoms with Gasteiger partial charge in [0.15, 0.2) is 0 Å². The molecule has 4 rings (SSSR count). The molecule has 0 saturated heterocycles. The van der Waals surface area contributed by atoms with Gasteiger partial charge >= 0.3 is 5.97 Å². The Kier molecular flexibility index (Phi) is 7.45. The van der Waals surface area contributed by atoms with E-state index in [1.165, 1.54) is 23.1 Å². The highest BCUT2D eigenvalue weighted by molar-refractivity contribution is 9.09. The van der Waals surface area contributed by atoms with E-state index in [0.717, 1.165) is 5.56 Å². The summed E-state index contributed by atoms with van der Waals surface area (Å²) in [5.41, 5.74) is 1.75. The van der Waals surface area contributed by atoms with Crippen molar-refractivity contribution in [3.8, 4) is 5.75 Å². The number of carbonyl (C=O) groups excluding carboxylic acids is 1. The van der Waals surface area contributed by atoms with Crippen molar-refractivity contribution in [1.29, 1.82) is 0 Å². The number of aliphatic carboxylic acids is 1. The summed E-state index contributed by atoms with van der Waals surface area (Å²) in [6, 6.07) is 19.8. The van der Waals surface area contributed by atoms with Gasteiger partial charge in [0.1, 0.15) is 18.3 Å². The number of halogens is 1. The third kappa shape index (κ3) is 5.19. The predicted molar refractivity (Wildman–Crippen MR) is 133 cm³/mol. The minimum absolute atomic E-state index is 0.0558. The number of amides is 1. The van der Waals surface area contributed by atoms with Crippen molar-refractivity contribution < 1.29 is 24.4 Å². The molecule has 1 amide bonds. The highest BCUT2D eigenvalue weighted by Gasteiger charge is 2.44. The second kappa shape index (κ2) is 10.7. The summed E-state index contributed by atoms with van der Waals surface area (Å²) < 4.78 is 5.85. The fourth-order valence-electron chi connectivity index (χ4n) is 4.36. The number of hydrogen-bond acceptors (Lipinski definition) is 5. The number of carbonyl (C=O) groups is 2. The van der Waals surface area contributed by atoms with Crippen LogP contribution in [0.2, 0.25) is 0 Å². The average Bonchev–Trinajstić information content (AvgIpc) is 2.87. The zero-order valence-corrected chi connectivity index (χ0v) is 20.3. The number of nitrogens with zero attached hydrogens (tertiary/aromatic N) is 2. The normalized spacial score (nSPS) is 17.1. The first-order valence-electron chi connectivity index (χ1n) is 11.1. The number of alkyl halides is 1. The van der Waals surface area contributed by atoms with Crippen LogP contribution in [0.4, 0.5) is 5.69 Å². The highest BCUT2D eigenvalue weighted by Crippen LogP contribution is 2.44. The molecular weight excluding hydrogens is 516 g/mol. The van der Waals surface area contributed by atoms with Gasteiger partial charge in [-0.25, -0.2) is 0 Å². The molecule has 0 fully saturated rings. The molecule has 0 spiro atoms. The molecule has 1 aliphatic rings. The van der Waals surface area contributed by atoms with Crippen molar-refractivity contribution in [2.24, 2.45) is 0 Å². The molecule has 3 aromatic rings. The van der Waals surface area contributed by atoms with E-state index in [9.17, 15) is 24.8 Å². The average molecular weight is 539 g/mol. The summed E-state index contributed by atoms with van der Waals surface area (Å²) >= 11 is 3.36. The maximum Gasteiger partial charge on any atom is 0.313 e. The van der Waals surface area contributed by atoms with Crippen molar-refractivity contribution in [1.82, 2.24) is 4.90 Å². The minimum Gasteiger partial charge on any atom is -0.489 e. The first-order chi connectivity index (χ1) is 16.9. The fraction of sp³-hybridized carbons (Fsp3) is 0.231. The summed E-state index contributed by atoms with van der Waals surface area (Å²) in [6.07, 6.45) is 0.594. The van der Waals surface area contributed by atoms with Crippen molar-refractivity contribution in [3.05, 3.63) is 105 Å². The van der Waals surface area contributed by atoms with Crippen LogP contribution in [0.15, 0.2) is 72.8 Å². The largest absolute Gasteiger partial charge is 0.489 e. The van der Waals surface area contributed by atoms with Crippen LogP contribution in [0.25, 0.3) is 0 Å². The first kappa shape index (κ1) is 24.4. The quantitative estimate of drug-likeness (QED) is 0.224. The number of rotatable bonds is 9. The molecule has 1 aliphatic heterocycles. The van der Waals surface area contributed by atoms with E-state index in [0.29, 0.717) is 36.2 Å². The van der Waals surface area contributed by atoms with Crippen LogP contribution in [0, 0.1) is 10.1 Å². The van der Waals surface area contributed by atoms with Gasteiger partial charge in [-0.2, -0.15) is 0 Å². The van der Waals surface area contributed by atoms with Gasteiger partial charge < -0.3 is 14.7 Å². The van der Waals surface area contributed by atoms with Crippen molar-refractivity contribution in [3.63, 3.8) is 0 Å². The number of nitro groups is 1. The maximum atomic E-state index is 13.4. The molecule has 180 valence electrons. The van der Waals surface area contributed by atoms with Gasteiger partial charge in [-0.05, 0) is 35.2 Å². The second-order valence-corrected chi connectivity index (χ2v) is 8.97. The van der Waals surface area contributed by atoms with E-state index in [1.54, 1.807) is 24.3 Å². The fourth-order valence-corrected chi connectivity index (χ4v) is 4.61. The Morgan fingerprint density at radius 2 is 1.80 bits per heavy atom. The number of carboxylic acid groups (broad SMARTS) is 1. The van der Waals surface area contributed by atoms with Crippen molar-refractivity contribution in [2.45, 2.75) is 25.0 Å². The van der Waals surface area contributed by atoms with Gasteiger partial charge in [-0.15, -0.1) is 0 Å². The summed E-state index contributed by atoms with van der Waals surface area (Å²) in [6.45, 7) is 0.691. The molecule has 35 heavy (non-hydrogen) atoms. The van der Waals surface area contributed by atoms with Gasteiger partial charge in [0.25, 0.3) is 11.6 Å².